The quantitative estimate of drug-likeness (QED) is 0.485. The van der Waals surface area contributed by atoms with Crippen molar-refractivity contribution in [3.8, 4) is 0 Å². The second-order valence-corrected chi connectivity index (χ2v) is 7.64. The van der Waals surface area contributed by atoms with Crippen LogP contribution in [0, 0.1) is 0 Å². The third-order valence-corrected chi connectivity index (χ3v) is 5.25. The van der Waals surface area contributed by atoms with E-state index in [-0.39, 0.29) is 24.9 Å². The van der Waals surface area contributed by atoms with E-state index in [1.165, 1.54) is 0 Å². The van der Waals surface area contributed by atoms with Gasteiger partial charge in [0.15, 0.2) is 0 Å². The number of hydrogen-bond donors (Lipinski definition) is 1. The molecule has 0 fully saturated rings. The fourth-order valence-corrected chi connectivity index (χ4v) is 3.57. The number of hydrogen-bond acceptors (Lipinski definition) is 4. The lowest BCUT2D eigenvalue weighted by atomic mass is 10.1. The van der Waals surface area contributed by atoms with Crippen molar-refractivity contribution in [3.63, 3.8) is 0 Å². The zero-order valence-electron chi connectivity index (χ0n) is 17.8. The van der Waals surface area contributed by atoms with Crippen LogP contribution in [0.15, 0.2) is 103 Å². The topological polar surface area (TPSA) is 56.8 Å². The summed E-state index contributed by atoms with van der Waals surface area (Å²) in [4.78, 5) is 12.4. The smallest absolute Gasteiger partial charge is 0.408 e. The van der Waals surface area contributed by atoms with E-state index in [9.17, 15) is 4.79 Å². The summed E-state index contributed by atoms with van der Waals surface area (Å²) in [7, 11) is 0. The highest BCUT2D eigenvalue weighted by molar-refractivity contribution is 5.68. The Kier molecular flexibility index (Phi) is 7.69. The molecule has 0 bridgehead atoms. The molecule has 0 saturated carbocycles. The van der Waals surface area contributed by atoms with Gasteiger partial charge in [-0.1, -0.05) is 103 Å². The number of ether oxygens (including phenoxy) is 3. The van der Waals surface area contributed by atoms with Gasteiger partial charge in [-0.2, -0.15) is 0 Å². The minimum Gasteiger partial charge on any atom is -0.445 e. The molecule has 0 saturated heterocycles. The molecule has 0 aliphatic heterocycles. The Balaban J connectivity index is 1.36. The SMILES string of the molecule is O=C(NC1C=C[C@@H](OCc2ccccc2)C1OCc1ccccc1)OCc1ccccc1. The minimum absolute atomic E-state index is 0.215. The van der Waals surface area contributed by atoms with Gasteiger partial charge in [0.2, 0.25) is 0 Å². The van der Waals surface area contributed by atoms with Gasteiger partial charge < -0.3 is 19.5 Å². The van der Waals surface area contributed by atoms with E-state index in [0.29, 0.717) is 13.2 Å². The fraction of sp³-hybridized carbons (Fsp3) is 0.222. The second kappa shape index (κ2) is 11.3. The van der Waals surface area contributed by atoms with E-state index in [4.69, 9.17) is 14.2 Å². The molecular weight excluding hydrogens is 402 g/mol. The molecule has 164 valence electrons. The van der Waals surface area contributed by atoms with E-state index >= 15 is 0 Å². The molecule has 1 aliphatic rings. The van der Waals surface area contributed by atoms with Crippen LogP contribution in [0.25, 0.3) is 0 Å². The van der Waals surface area contributed by atoms with Crippen LogP contribution in [-0.4, -0.2) is 24.3 Å². The zero-order valence-corrected chi connectivity index (χ0v) is 17.8. The number of amides is 1. The van der Waals surface area contributed by atoms with Gasteiger partial charge in [-0.05, 0) is 16.7 Å². The number of carbonyl (C=O) groups excluding carboxylic acids is 1. The van der Waals surface area contributed by atoms with Crippen LogP contribution in [0.5, 0.6) is 0 Å². The number of nitrogens with one attached hydrogen (secondary N) is 1. The first kappa shape index (κ1) is 21.8. The molecule has 3 aromatic rings. The minimum atomic E-state index is -0.486. The molecule has 1 amide bonds. The second-order valence-electron chi connectivity index (χ2n) is 7.64. The van der Waals surface area contributed by atoms with E-state index in [1.807, 2.05) is 103 Å². The predicted octanol–water partition coefficient (Wildman–Crippen LogP) is 5.02. The lowest BCUT2D eigenvalue weighted by molar-refractivity contribution is -0.0653. The van der Waals surface area contributed by atoms with Crippen molar-refractivity contribution >= 4 is 6.09 Å². The highest BCUT2D eigenvalue weighted by atomic mass is 16.6. The maximum atomic E-state index is 12.4. The summed E-state index contributed by atoms with van der Waals surface area (Å²) in [6.45, 7) is 1.11. The van der Waals surface area contributed by atoms with Gasteiger partial charge >= 0.3 is 6.09 Å². The van der Waals surface area contributed by atoms with Crippen LogP contribution in [-0.2, 0) is 34.0 Å². The van der Waals surface area contributed by atoms with Crippen molar-refractivity contribution in [1.29, 1.82) is 0 Å². The standard InChI is InChI=1S/C27H27NO4/c29-27(32-20-23-14-8-3-9-15-23)28-24-16-17-25(30-18-21-10-4-1-5-11-21)26(24)31-19-22-12-6-2-7-13-22/h1-17,24-26H,18-20H2,(H,28,29)/t24?,25-,26?/m1/s1. The molecule has 1 N–H and O–H groups in total. The van der Waals surface area contributed by atoms with Gasteiger partial charge in [0.05, 0.1) is 19.3 Å². The Morgan fingerprint density at radius 2 is 1.16 bits per heavy atom. The zero-order chi connectivity index (χ0) is 22.0. The maximum Gasteiger partial charge on any atom is 0.408 e. The first-order valence-corrected chi connectivity index (χ1v) is 10.7. The summed E-state index contributed by atoms with van der Waals surface area (Å²) in [6.07, 6.45) is 2.73. The molecular formula is C27H27NO4. The molecule has 0 spiro atoms. The molecule has 4 rings (SSSR count). The third kappa shape index (κ3) is 6.30. The lowest BCUT2D eigenvalue weighted by Gasteiger charge is -2.26. The molecule has 3 aromatic carbocycles. The Bertz CT molecular complexity index is 992. The number of alkyl carbamates (subject to hydrolysis) is 1. The van der Waals surface area contributed by atoms with Gasteiger partial charge in [0.1, 0.15) is 18.8 Å². The van der Waals surface area contributed by atoms with Crippen LogP contribution >= 0.6 is 0 Å². The summed E-state index contributed by atoms with van der Waals surface area (Å²) in [6, 6.07) is 29.2. The highest BCUT2D eigenvalue weighted by Gasteiger charge is 2.35. The average Bonchev–Trinajstić information content (AvgIpc) is 3.23. The molecule has 0 radical (unpaired) electrons. The van der Waals surface area contributed by atoms with Crippen LogP contribution < -0.4 is 5.32 Å². The molecule has 0 heterocycles. The van der Waals surface area contributed by atoms with Crippen LogP contribution in [0.3, 0.4) is 0 Å². The van der Waals surface area contributed by atoms with Crippen LogP contribution in [0.4, 0.5) is 4.79 Å². The Morgan fingerprint density at radius 1 is 0.656 bits per heavy atom. The highest BCUT2D eigenvalue weighted by Crippen LogP contribution is 2.22. The molecule has 0 aromatic heterocycles. The Labute approximate surface area is 188 Å². The van der Waals surface area contributed by atoms with E-state index in [1.54, 1.807) is 0 Å². The number of carbonyl (C=O) groups is 1. The van der Waals surface area contributed by atoms with Crippen molar-refractivity contribution in [2.75, 3.05) is 0 Å². The fourth-order valence-electron chi connectivity index (χ4n) is 3.57. The van der Waals surface area contributed by atoms with E-state index < -0.39 is 6.09 Å². The third-order valence-electron chi connectivity index (χ3n) is 5.25. The Morgan fingerprint density at radius 3 is 1.72 bits per heavy atom. The van der Waals surface area contributed by atoms with Crippen LogP contribution in [0.2, 0.25) is 0 Å². The normalized spacial score (nSPS) is 19.6. The van der Waals surface area contributed by atoms with Gasteiger partial charge in [-0.3, -0.25) is 0 Å². The molecule has 5 nitrogen and oxygen atoms in total. The lowest BCUT2D eigenvalue weighted by Crippen LogP contribution is -2.45. The first-order chi connectivity index (χ1) is 15.8. The van der Waals surface area contributed by atoms with E-state index in [0.717, 1.165) is 16.7 Å². The molecule has 5 heteroatoms. The van der Waals surface area contributed by atoms with Crippen molar-refractivity contribution < 1.29 is 19.0 Å². The summed E-state index contributed by atoms with van der Waals surface area (Å²) in [5.74, 6) is 0. The first-order valence-electron chi connectivity index (χ1n) is 10.7. The van der Waals surface area contributed by atoms with Crippen LogP contribution in [0.1, 0.15) is 16.7 Å². The summed E-state index contributed by atoms with van der Waals surface area (Å²) in [5, 5.41) is 2.91. The van der Waals surface area contributed by atoms with Crippen molar-refractivity contribution in [3.05, 3.63) is 120 Å². The summed E-state index contributed by atoms with van der Waals surface area (Å²) in [5.41, 5.74) is 3.08. The van der Waals surface area contributed by atoms with Crippen molar-refractivity contribution in [2.45, 2.75) is 38.1 Å². The summed E-state index contributed by atoms with van der Waals surface area (Å²) < 4.78 is 17.7. The number of benzene rings is 3. The average molecular weight is 430 g/mol. The molecule has 3 atom stereocenters. The number of rotatable bonds is 9. The molecule has 1 aliphatic carbocycles. The molecule has 32 heavy (non-hydrogen) atoms. The van der Waals surface area contributed by atoms with Gasteiger partial charge in [0, 0.05) is 0 Å². The van der Waals surface area contributed by atoms with Gasteiger partial charge in [-0.15, -0.1) is 0 Å². The maximum absolute atomic E-state index is 12.4. The van der Waals surface area contributed by atoms with E-state index in [2.05, 4.69) is 5.32 Å². The van der Waals surface area contributed by atoms with Crippen molar-refractivity contribution in [2.24, 2.45) is 0 Å². The van der Waals surface area contributed by atoms with Gasteiger partial charge in [-0.25, -0.2) is 4.79 Å². The largest absolute Gasteiger partial charge is 0.445 e. The monoisotopic (exact) mass is 429 g/mol. The molecule has 2 unspecified atom stereocenters. The van der Waals surface area contributed by atoms with Gasteiger partial charge in [0.25, 0.3) is 0 Å². The summed E-state index contributed by atoms with van der Waals surface area (Å²) >= 11 is 0. The Hall–Kier alpha value is -3.41. The predicted molar refractivity (Wildman–Crippen MR) is 123 cm³/mol. The van der Waals surface area contributed by atoms with Crippen molar-refractivity contribution in [1.82, 2.24) is 5.32 Å².